The molecule has 108 valence electrons. The fourth-order valence-corrected chi connectivity index (χ4v) is 1.82. The lowest BCUT2D eigenvalue weighted by Crippen LogP contribution is -1.93. The van der Waals surface area contributed by atoms with Crippen LogP contribution in [-0.4, -0.2) is 25.1 Å². The quantitative estimate of drug-likeness (QED) is 0.676. The molecule has 0 aliphatic carbocycles. The third-order valence-corrected chi connectivity index (χ3v) is 2.95. The van der Waals surface area contributed by atoms with E-state index in [1.54, 1.807) is 38.5 Å². The molecule has 0 atom stereocenters. The molecule has 0 heterocycles. The molecule has 4 heteroatoms. The fourth-order valence-electron chi connectivity index (χ4n) is 1.82. The van der Waals surface area contributed by atoms with E-state index in [9.17, 15) is 9.90 Å². The smallest absolute Gasteiger partial charge is 0.185 e. The molecule has 0 amide bonds. The van der Waals surface area contributed by atoms with Crippen LogP contribution in [0.15, 0.2) is 48.5 Å². The second kappa shape index (κ2) is 6.61. The average molecular weight is 284 g/mol. The van der Waals surface area contributed by atoms with Crippen molar-refractivity contribution in [3.8, 4) is 17.2 Å². The van der Waals surface area contributed by atoms with E-state index in [4.69, 9.17) is 9.47 Å². The topological polar surface area (TPSA) is 55.8 Å². The highest BCUT2D eigenvalue weighted by Gasteiger charge is 2.03. The van der Waals surface area contributed by atoms with Crippen molar-refractivity contribution in [3.05, 3.63) is 59.7 Å². The molecule has 0 saturated carbocycles. The number of allylic oxidation sites excluding steroid dienone is 1. The molecule has 0 aromatic heterocycles. The molecule has 0 fully saturated rings. The van der Waals surface area contributed by atoms with Crippen LogP contribution in [0.5, 0.6) is 17.2 Å². The first-order chi connectivity index (χ1) is 10.1. The Balaban J connectivity index is 2.20. The van der Waals surface area contributed by atoms with Crippen LogP contribution >= 0.6 is 0 Å². The Bertz CT molecular complexity index is 635. The van der Waals surface area contributed by atoms with Crippen LogP contribution in [0.3, 0.4) is 0 Å². The van der Waals surface area contributed by atoms with Gasteiger partial charge < -0.3 is 14.6 Å². The number of hydrogen-bond donors (Lipinski definition) is 1. The number of phenols is 1. The normalized spacial score (nSPS) is 10.6. The molecule has 2 aromatic rings. The summed E-state index contributed by atoms with van der Waals surface area (Å²) in [5.41, 5.74) is 1.32. The Hall–Kier alpha value is -2.75. The number of benzene rings is 2. The second-order valence-corrected chi connectivity index (χ2v) is 4.39. The Morgan fingerprint density at radius 2 is 1.57 bits per heavy atom. The van der Waals surface area contributed by atoms with E-state index in [1.165, 1.54) is 18.2 Å². The van der Waals surface area contributed by atoms with Gasteiger partial charge in [0.1, 0.15) is 17.2 Å². The minimum Gasteiger partial charge on any atom is -0.508 e. The van der Waals surface area contributed by atoms with Crippen LogP contribution in [0.25, 0.3) is 6.08 Å². The van der Waals surface area contributed by atoms with E-state index in [0.717, 1.165) is 5.56 Å². The van der Waals surface area contributed by atoms with E-state index in [-0.39, 0.29) is 11.5 Å². The molecule has 0 aliphatic rings. The maximum Gasteiger partial charge on any atom is 0.185 e. The number of ether oxygens (including phenoxy) is 2. The van der Waals surface area contributed by atoms with Crippen LogP contribution < -0.4 is 9.47 Å². The molecule has 0 aliphatic heterocycles. The Labute approximate surface area is 123 Å². The van der Waals surface area contributed by atoms with Crippen molar-refractivity contribution in [1.29, 1.82) is 0 Å². The Kier molecular flexibility index (Phi) is 4.61. The van der Waals surface area contributed by atoms with Gasteiger partial charge in [-0.1, -0.05) is 6.08 Å². The molecular weight excluding hydrogens is 268 g/mol. The van der Waals surface area contributed by atoms with Gasteiger partial charge in [-0.3, -0.25) is 4.79 Å². The van der Waals surface area contributed by atoms with E-state index >= 15 is 0 Å². The minimum atomic E-state index is -0.142. The van der Waals surface area contributed by atoms with Crippen LogP contribution in [-0.2, 0) is 0 Å². The van der Waals surface area contributed by atoms with Gasteiger partial charge in [0.15, 0.2) is 5.78 Å². The zero-order valence-electron chi connectivity index (χ0n) is 11.9. The summed E-state index contributed by atoms with van der Waals surface area (Å²) < 4.78 is 10.4. The van der Waals surface area contributed by atoms with Gasteiger partial charge in [0.05, 0.1) is 14.2 Å². The maximum atomic E-state index is 12.0. The monoisotopic (exact) mass is 284 g/mol. The number of phenolic OH excluding ortho intramolecular Hbond substituents is 1. The Morgan fingerprint density at radius 1 is 1.00 bits per heavy atom. The van der Waals surface area contributed by atoms with E-state index in [2.05, 4.69) is 0 Å². The summed E-state index contributed by atoms with van der Waals surface area (Å²) in [5.74, 6) is 1.31. The zero-order valence-corrected chi connectivity index (χ0v) is 11.9. The molecule has 2 rings (SSSR count). The average Bonchev–Trinajstić information content (AvgIpc) is 2.52. The molecule has 21 heavy (non-hydrogen) atoms. The van der Waals surface area contributed by atoms with Crippen molar-refractivity contribution in [2.75, 3.05) is 14.2 Å². The second-order valence-electron chi connectivity index (χ2n) is 4.39. The predicted octanol–water partition coefficient (Wildman–Crippen LogP) is 3.31. The molecule has 0 unspecified atom stereocenters. The summed E-state index contributed by atoms with van der Waals surface area (Å²) in [7, 11) is 3.15. The lowest BCUT2D eigenvalue weighted by molar-refractivity contribution is 0.104. The van der Waals surface area contributed by atoms with Crippen LogP contribution in [0.2, 0.25) is 0 Å². The molecule has 0 saturated heterocycles. The van der Waals surface area contributed by atoms with Crippen molar-refractivity contribution >= 4 is 11.9 Å². The summed E-state index contributed by atoms with van der Waals surface area (Å²) in [6.07, 6.45) is 3.17. The van der Waals surface area contributed by atoms with Gasteiger partial charge in [-0.25, -0.2) is 0 Å². The van der Waals surface area contributed by atoms with Crippen molar-refractivity contribution < 1.29 is 19.4 Å². The van der Waals surface area contributed by atoms with Gasteiger partial charge in [-0.2, -0.15) is 0 Å². The largest absolute Gasteiger partial charge is 0.508 e. The fraction of sp³-hybridized carbons (Fsp3) is 0.118. The SMILES string of the molecule is COc1cc(C=CC(=O)c2ccc(O)cc2)cc(OC)c1. The van der Waals surface area contributed by atoms with Gasteiger partial charge >= 0.3 is 0 Å². The van der Waals surface area contributed by atoms with Crippen molar-refractivity contribution in [1.82, 2.24) is 0 Å². The number of carbonyl (C=O) groups excluding carboxylic acids is 1. The number of carbonyl (C=O) groups is 1. The van der Waals surface area contributed by atoms with Crippen molar-refractivity contribution in [3.63, 3.8) is 0 Å². The molecule has 0 spiro atoms. The number of hydrogen-bond acceptors (Lipinski definition) is 4. The van der Waals surface area contributed by atoms with Crippen molar-refractivity contribution in [2.45, 2.75) is 0 Å². The maximum absolute atomic E-state index is 12.0. The summed E-state index contributed by atoms with van der Waals surface area (Å²) >= 11 is 0. The highest BCUT2D eigenvalue weighted by molar-refractivity contribution is 6.06. The molecule has 0 radical (unpaired) electrons. The third-order valence-electron chi connectivity index (χ3n) is 2.95. The van der Waals surface area contributed by atoms with E-state index in [1.807, 2.05) is 12.1 Å². The highest BCUT2D eigenvalue weighted by atomic mass is 16.5. The lowest BCUT2D eigenvalue weighted by Gasteiger charge is -2.05. The first-order valence-corrected chi connectivity index (χ1v) is 6.37. The van der Waals surface area contributed by atoms with Gasteiger partial charge in [-0.15, -0.1) is 0 Å². The summed E-state index contributed by atoms with van der Waals surface area (Å²) in [5, 5.41) is 9.20. The van der Waals surface area contributed by atoms with Gasteiger partial charge in [0.2, 0.25) is 0 Å². The number of aromatic hydroxyl groups is 1. The van der Waals surface area contributed by atoms with Crippen LogP contribution in [0.1, 0.15) is 15.9 Å². The van der Waals surface area contributed by atoms with Crippen LogP contribution in [0.4, 0.5) is 0 Å². The van der Waals surface area contributed by atoms with Gasteiger partial charge in [-0.05, 0) is 48.0 Å². The first-order valence-electron chi connectivity index (χ1n) is 6.37. The molecule has 2 aromatic carbocycles. The number of methoxy groups -OCH3 is 2. The number of ketones is 1. The lowest BCUT2D eigenvalue weighted by atomic mass is 10.1. The van der Waals surface area contributed by atoms with Gasteiger partial charge in [0, 0.05) is 11.6 Å². The standard InChI is InChI=1S/C17H16O4/c1-20-15-9-12(10-16(11-15)21-2)3-8-17(19)13-4-6-14(18)7-5-13/h3-11,18H,1-2H3. The molecule has 1 N–H and O–H groups in total. The minimum absolute atomic E-state index is 0.132. The predicted molar refractivity (Wildman–Crippen MR) is 81.0 cm³/mol. The molecule has 0 bridgehead atoms. The molecular formula is C17H16O4. The summed E-state index contributed by atoms with van der Waals surface area (Å²) in [6, 6.07) is 11.5. The number of rotatable bonds is 5. The van der Waals surface area contributed by atoms with E-state index in [0.29, 0.717) is 17.1 Å². The Morgan fingerprint density at radius 3 is 2.10 bits per heavy atom. The first kappa shape index (κ1) is 14.7. The third kappa shape index (κ3) is 3.86. The summed E-state index contributed by atoms with van der Waals surface area (Å²) in [4.78, 5) is 12.0. The molecule has 4 nitrogen and oxygen atoms in total. The van der Waals surface area contributed by atoms with Crippen LogP contribution in [0, 0.1) is 0 Å². The van der Waals surface area contributed by atoms with E-state index < -0.39 is 0 Å². The summed E-state index contributed by atoms with van der Waals surface area (Å²) in [6.45, 7) is 0. The van der Waals surface area contributed by atoms with Crippen molar-refractivity contribution in [2.24, 2.45) is 0 Å². The zero-order chi connectivity index (χ0) is 15.2. The van der Waals surface area contributed by atoms with Gasteiger partial charge in [0.25, 0.3) is 0 Å². The highest BCUT2D eigenvalue weighted by Crippen LogP contribution is 2.23.